The molecule has 11 heteroatoms. The Kier molecular flexibility index (Phi) is 6.20. The zero-order chi connectivity index (χ0) is 24.6. The Morgan fingerprint density at radius 2 is 1.91 bits per heavy atom. The van der Waals surface area contributed by atoms with Crippen LogP contribution in [-0.2, 0) is 16.4 Å². The molecule has 34 heavy (non-hydrogen) atoms. The van der Waals surface area contributed by atoms with Gasteiger partial charge in [0.05, 0.1) is 23.3 Å². The third-order valence-corrected chi connectivity index (χ3v) is 7.39. The topological polar surface area (TPSA) is 113 Å². The number of amides is 1. The molecular formula is C23H18ClFN2O6S. The summed E-state index contributed by atoms with van der Waals surface area (Å²) in [6.45, 7) is 0.146. The molecule has 0 aliphatic carbocycles. The number of carboxylic acids is 1. The molecule has 1 aliphatic heterocycles. The van der Waals surface area contributed by atoms with Gasteiger partial charge >= 0.3 is 5.97 Å². The van der Waals surface area contributed by atoms with Crippen LogP contribution in [0.25, 0.3) is 0 Å². The average Bonchev–Trinajstić information content (AvgIpc) is 3.23. The summed E-state index contributed by atoms with van der Waals surface area (Å²) in [5, 5.41) is 11.7. The van der Waals surface area contributed by atoms with Gasteiger partial charge in [-0.25, -0.2) is 17.6 Å². The van der Waals surface area contributed by atoms with Crippen LogP contribution in [0.2, 0.25) is 5.02 Å². The van der Waals surface area contributed by atoms with Crippen molar-refractivity contribution in [2.45, 2.75) is 11.3 Å². The SMILES string of the molecule is COc1cc(C(=O)Nc2ccc(C(=O)O)c(F)c2)cc2c1CCN2S(=O)(=O)c1cccc(Cl)c1. The minimum Gasteiger partial charge on any atom is -0.496 e. The lowest BCUT2D eigenvalue weighted by Gasteiger charge is -2.21. The maximum absolute atomic E-state index is 14.0. The second-order valence-electron chi connectivity index (χ2n) is 7.41. The van der Waals surface area contributed by atoms with E-state index >= 15 is 0 Å². The van der Waals surface area contributed by atoms with Gasteiger partial charge in [0.25, 0.3) is 15.9 Å². The Morgan fingerprint density at radius 1 is 1.15 bits per heavy atom. The van der Waals surface area contributed by atoms with Gasteiger partial charge in [-0.2, -0.15) is 0 Å². The number of fused-ring (bicyclic) bond motifs is 1. The van der Waals surface area contributed by atoms with E-state index in [9.17, 15) is 22.4 Å². The highest BCUT2D eigenvalue weighted by Gasteiger charge is 2.34. The summed E-state index contributed by atoms with van der Waals surface area (Å²) in [6, 6.07) is 11.9. The minimum absolute atomic E-state index is 0.00988. The molecule has 0 radical (unpaired) electrons. The zero-order valence-electron chi connectivity index (χ0n) is 17.7. The molecule has 8 nitrogen and oxygen atoms in total. The smallest absolute Gasteiger partial charge is 0.338 e. The van der Waals surface area contributed by atoms with Crippen molar-refractivity contribution in [2.75, 3.05) is 23.3 Å². The van der Waals surface area contributed by atoms with Crippen molar-refractivity contribution in [3.63, 3.8) is 0 Å². The standard InChI is InChI=1S/C23H18ClFN2O6S/c1-33-21-10-13(22(28)26-15-5-6-17(23(29)30)19(25)12-15)9-20-18(21)7-8-27(20)34(31,32)16-4-2-3-14(24)11-16/h2-6,9-12H,7-8H2,1H3,(H,26,28)(H,29,30). The van der Waals surface area contributed by atoms with Crippen LogP contribution in [0, 0.1) is 5.82 Å². The summed E-state index contributed by atoms with van der Waals surface area (Å²) < 4.78 is 47.1. The van der Waals surface area contributed by atoms with Crippen molar-refractivity contribution >= 4 is 44.9 Å². The monoisotopic (exact) mass is 504 g/mol. The number of nitrogens with zero attached hydrogens (tertiary/aromatic N) is 1. The molecule has 1 heterocycles. The van der Waals surface area contributed by atoms with E-state index in [-0.39, 0.29) is 33.4 Å². The second kappa shape index (κ2) is 8.96. The quantitative estimate of drug-likeness (QED) is 0.520. The molecule has 4 rings (SSSR count). The van der Waals surface area contributed by atoms with Crippen LogP contribution in [-0.4, -0.2) is 39.1 Å². The normalized spacial score (nSPS) is 12.9. The number of aromatic carboxylic acids is 1. The van der Waals surface area contributed by atoms with E-state index < -0.39 is 33.3 Å². The Bertz CT molecular complexity index is 1430. The number of carbonyl (C=O) groups excluding carboxylic acids is 1. The van der Waals surface area contributed by atoms with Gasteiger partial charge in [0.15, 0.2) is 0 Å². The van der Waals surface area contributed by atoms with E-state index in [4.69, 9.17) is 21.4 Å². The molecule has 0 bridgehead atoms. The number of ether oxygens (including phenoxy) is 1. The number of halogens is 2. The lowest BCUT2D eigenvalue weighted by atomic mass is 10.1. The van der Waals surface area contributed by atoms with Gasteiger partial charge in [0.2, 0.25) is 0 Å². The van der Waals surface area contributed by atoms with E-state index in [1.165, 1.54) is 47.8 Å². The van der Waals surface area contributed by atoms with Crippen LogP contribution in [0.3, 0.4) is 0 Å². The number of methoxy groups -OCH3 is 1. The summed E-state index contributed by atoms with van der Waals surface area (Å²) in [7, 11) is -2.55. The summed E-state index contributed by atoms with van der Waals surface area (Å²) in [5.74, 6) is -2.76. The highest BCUT2D eigenvalue weighted by molar-refractivity contribution is 7.92. The lowest BCUT2D eigenvalue weighted by molar-refractivity contribution is 0.0691. The first kappa shape index (κ1) is 23.5. The molecule has 176 valence electrons. The van der Waals surface area contributed by atoms with E-state index in [1.807, 2.05) is 0 Å². The first-order chi connectivity index (χ1) is 16.1. The number of rotatable bonds is 6. The van der Waals surface area contributed by atoms with E-state index in [0.717, 1.165) is 12.1 Å². The lowest BCUT2D eigenvalue weighted by Crippen LogP contribution is -2.29. The average molecular weight is 505 g/mol. The van der Waals surface area contributed by atoms with Gasteiger partial charge in [0.1, 0.15) is 11.6 Å². The number of sulfonamides is 1. The number of hydrogen-bond acceptors (Lipinski definition) is 5. The van der Waals surface area contributed by atoms with E-state index in [2.05, 4.69) is 5.32 Å². The Hall–Kier alpha value is -3.63. The number of nitrogens with one attached hydrogen (secondary N) is 1. The minimum atomic E-state index is -3.96. The third kappa shape index (κ3) is 4.29. The number of carboxylic acid groups (broad SMARTS) is 1. The number of benzene rings is 3. The van der Waals surface area contributed by atoms with Crippen LogP contribution in [0.15, 0.2) is 59.5 Å². The molecule has 0 unspecified atom stereocenters. The van der Waals surface area contributed by atoms with Crippen molar-refractivity contribution in [1.29, 1.82) is 0 Å². The molecule has 2 N–H and O–H groups in total. The first-order valence-corrected chi connectivity index (χ1v) is 11.8. The van der Waals surface area contributed by atoms with Gasteiger partial charge in [-0.15, -0.1) is 0 Å². The highest BCUT2D eigenvalue weighted by Crippen LogP contribution is 2.40. The van der Waals surface area contributed by atoms with Crippen LogP contribution in [0.1, 0.15) is 26.3 Å². The van der Waals surface area contributed by atoms with Gasteiger partial charge < -0.3 is 15.2 Å². The fourth-order valence-electron chi connectivity index (χ4n) is 3.73. The highest BCUT2D eigenvalue weighted by atomic mass is 35.5. The molecule has 1 amide bonds. The molecule has 0 fully saturated rings. The molecular weight excluding hydrogens is 487 g/mol. The maximum atomic E-state index is 14.0. The fraction of sp³-hybridized carbons (Fsp3) is 0.130. The van der Waals surface area contributed by atoms with Crippen molar-refractivity contribution in [2.24, 2.45) is 0 Å². The summed E-state index contributed by atoms with van der Waals surface area (Å²) in [5.41, 5.74) is 0.499. The van der Waals surface area contributed by atoms with Crippen molar-refractivity contribution in [3.8, 4) is 5.75 Å². The van der Waals surface area contributed by atoms with Gasteiger partial charge in [0, 0.05) is 28.4 Å². The van der Waals surface area contributed by atoms with Gasteiger partial charge in [-0.3, -0.25) is 9.10 Å². The Morgan fingerprint density at radius 3 is 2.56 bits per heavy atom. The van der Waals surface area contributed by atoms with Crippen molar-refractivity contribution < 1.29 is 32.2 Å². The predicted octanol–water partition coefficient (Wildman–Crippen LogP) is 4.19. The van der Waals surface area contributed by atoms with Crippen LogP contribution < -0.4 is 14.4 Å². The maximum Gasteiger partial charge on any atom is 0.338 e. The molecule has 3 aromatic carbocycles. The van der Waals surface area contributed by atoms with Crippen LogP contribution in [0.5, 0.6) is 5.75 Å². The summed E-state index contributed by atoms with van der Waals surface area (Å²) >= 11 is 5.97. The first-order valence-electron chi connectivity index (χ1n) is 9.95. The number of hydrogen-bond donors (Lipinski definition) is 2. The fourth-order valence-corrected chi connectivity index (χ4v) is 5.51. The predicted molar refractivity (Wildman–Crippen MR) is 124 cm³/mol. The Balaban J connectivity index is 1.70. The largest absolute Gasteiger partial charge is 0.496 e. The van der Waals surface area contributed by atoms with Crippen LogP contribution in [0.4, 0.5) is 15.8 Å². The van der Waals surface area contributed by atoms with E-state index in [1.54, 1.807) is 6.07 Å². The zero-order valence-corrected chi connectivity index (χ0v) is 19.3. The summed E-state index contributed by atoms with van der Waals surface area (Å²) in [4.78, 5) is 23.9. The third-order valence-electron chi connectivity index (χ3n) is 5.34. The van der Waals surface area contributed by atoms with Crippen LogP contribution >= 0.6 is 11.6 Å². The molecule has 1 aliphatic rings. The molecule has 0 atom stereocenters. The summed E-state index contributed by atoms with van der Waals surface area (Å²) in [6.07, 6.45) is 0.377. The molecule has 0 spiro atoms. The van der Waals surface area contributed by atoms with Crippen molar-refractivity contribution in [1.82, 2.24) is 0 Å². The van der Waals surface area contributed by atoms with Gasteiger partial charge in [-0.1, -0.05) is 17.7 Å². The Labute approximate surface area is 199 Å². The molecule has 0 saturated heterocycles. The molecule has 3 aromatic rings. The molecule has 0 aromatic heterocycles. The molecule has 0 saturated carbocycles. The second-order valence-corrected chi connectivity index (χ2v) is 9.71. The number of carbonyl (C=O) groups is 2. The van der Waals surface area contributed by atoms with Crippen molar-refractivity contribution in [3.05, 3.63) is 82.1 Å². The van der Waals surface area contributed by atoms with E-state index in [0.29, 0.717) is 17.7 Å². The van der Waals surface area contributed by atoms with Gasteiger partial charge in [-0.05, 0) is 55.0 Å². The number of anilines is 2.